The molecule has 0 aliphatic carbocycles. The van der Waals surface area contributed by atoms with Crippen LogP contribution in [0.15, 0.2) is 24.3 Å². The van der Waals surface area contributed by atoms with Crippen molar-refractivity contribution in [1.82, 2.24) is 10.2 Å². The first-order valence-electron chi connectivity index (χ1n) is 8.78. The lowest BCUT2D eigenvalue weighted by molar-refractivity contribution is -0.130. The number of carbonyl (C=O) groups is 2. The molecule has 2 fully saturated rings. The van der Waals surface area contributed by atoms with Crippen LogP contribution in [0.3, 0.4) is 0 Å². The van der Waals surface area contributed by atoms with E-state index < -0.39 is 15.8 Å². The number of methoxy groups -OCH3 is 1. The second-order valence-electron chi connectivity index (χ2n) is 6.90. The predicted molar refractivity (Wildman–Crippen MR) is 96.6 cm³/mol. The number of benzene rings is 1. The molecule has 142 valence electrons. The first kappa shape index (κ1) is 18.7. The zero-order chi connectivity index (χ0) is 18.7. The van der Waals surface area contributed by atoms with E-state index in [2.05, 4.69) is 5.32 Å². The Balaban J connectivity index is 1.49. The highest BCUT2D eigenvalue weighted by Crippen LogP contribution is 2.26. The Morgan fingerprint density at radius 1 is 1.38 bits per heavy atom. The molecule has 8 heteroatoms. The largest absolute Gasteiger partial charge is 0.497 e. The fourth-order valence-electron chi connectivity index (χ4n) is 3.58. The molecule has 26 heavy (non-hydrogen) atoms. The summed E-state index contributed by atoms with van der Waals surface area (Å²) in [6.07, 6.45) is 1.30. The number of sulfone groups is 1. The standard InChI is InChI=1S/C18H24N2O5S/c1-25-16-4-2-3-13(9-16)5-7-19-18(22)14-10-17(21)20(11-14)15-6-8-26(23,24)12-15/h2-4,9,14-15H,5-8,10-12H2,1H3,(H,19,22). The van der Waals surface area contributed by atoms with E-state index >= 15 is 0 Å². The van der Waals surface area contributed by atoms with Gasteiger partial charge in [0.1, 0.15) is 5.75 Å². The van der Waals surface area contributed by atoms with Gasteiger partial charge in [0.05, 0.1) is 24.5 Å². The van der Waals surface area contributed by atoms with Crippen LogP contribution in [-0.2, 0) is 25.8 Å². The lowest BCUT2D eigenvalue weighted by Crippen LogP contribution is -2.39. The normalized spacial score (nSPS) is 24.7. The minimum Gasteiger partial charge on any atom is -0.497 e. The third-order valence-electron chi connectivity index (χ3n) is 5.03. The summed E-state index contributed by atoms with van der Waals surface area (Å²) in [5, 5.41) is 2.88. The topological polar surface area (TPSA) is 92.8 Å². The summed E-state index contributed by atoms with van der Waals surface area (Å²) in [6.45, 7) is 0.790. The minimum absolute atomic E-state index is 0.0168. The highest BCUT2D eigenvalue weighted by Gasteiger charge is 2.41. The van der Waals surface area contributed by atoms with Crippen LogP contribution < -0.4 is 10.1 Å². The molecule has 0 saturated carbocycles. The SMILES string of the molecule is COc1cccc(CCNC(=O)C2CC(=O)N(C3CCS(=O)(=O)C3)C2)c1. The second-order valence-corrected chi connectivity index (χ2v) is 9.13. The molecule has 2 saturated heterocycles. The maximum atomic E-state index is 12.4. The Morgan fingerprint density at radius 2 is 2.19 bits per heavy atom. The number of nitrogens with one attached hydrogen (secondary N) is 1. The average molecular weight is 380 g/mol. The van der Waals surface area contributed by atoms with Crippen molar-refractivity contribution in [3.05, 3.63) is 29.8 Å². The molecule has 1 aromatic rings. The average Bonchev–Trinajstić information content (AvgIpc) is 3.17. The first-order chi connectivity index (χ1) is 12.4. The van der Waals surface area contributed by atoms with Crippen molar-refractivity contribution in [3.63, 3.8) is 0 Å². The van der Waals surface area contributed by atoms with Crippen molar-refractivity contribution < 1.29 is 22.7 Å². The molecule has 0 radical (unpaired) electrons. The third-order valence-corrected chi connectivity index (χ3v) is 6.78. The fourth-order valence-corrected chi connectivity index (χ4v) is 5.31. The van der Waals surface area contributed by atoms with E-state index in [0.717, 1.165) is 11.3 Å². The number of likely N-dealkylation sites (tertiary alicyclic amines) is 1. The van der Waals surface area contributed by atoms with E-state index in [1.54, 1.807) is 12.0 Å². The summed E-state index contributed by atoms with van der Waals surface area (Å²) in [4.78, 5) is 26.1. The summed E-state index contributed by atoms with van der Waals surface area (Å²) in [6, 6.07) is 7.38. The Hall–Kier alpha value is -2.09. The number of hydrogen-bond acceptors (Lipinski definition) is 5. The van der Waals surface area contributed by atoms with Gasteiger partial charge in [0, 0.05) is 25.6 Å². The summed E-state index contributed by atoms with van der Waals surface area (Å²) < 4.78 is 28.4. The summed E-state index contributed by atoms with van der Waals surface area (Å²) in [7, 11) is -1.44. The van der Waals surface area contributed by atoms with Crippen LogP contribution in [0.1, 0.15) is 18.4 Å². The van der Waals surface area contributed by atoms with Gasteiger partial charge < -0.3 is 15.0 Å². The van der Waals surface area contributed by atoms with Gasteiger partial charge in [0.2, 0.25) is 11.8 Å². The Labute approximate surface area is 153 Å². The van der Waals surface area contributed by atoms with Crippen LogP contribution in [0.2, 0.25) is 0 Å². The van der Waals surface area contributed by atoms with Gasteiger partial charge in [0.15, 0.2) is 9.84 Å². The van der Waals surface area contributed by atoms with Gasteiger partial charge in [-0.05, 0) is 30.5 Å². The van der Waals surface area contributed by atoms with Gasteiger partial charge in [0.25, 0.3) is 0 Å². The Kier molecular flexibility index (Phi) is 5.50. The lowest BCUT2D eigenvalue weighted by atomic mass is 10.1. The number of amides is 2. The molecule has 2 unspecified atom stereocenters. The molecule has 2 atom stereocenters. The van der Waals surface area contributed by atoms with E-state index in [0.29, 0.717) is 25.9 Å². The van der Waals surface area contributed by atoms with Crippen molar-refractivity contribution in [2.24, 2.45) is 5.92 Å². The van der Waals surface area contributed by atoms with Crippen LogP contribution in [0, 0.1) is 5.92 Å². The van der Waals surface area contributed by atoms with Crippen molar-refractivity contribution in [1.29, 1.82) is 0 Å². The smallest absolute Gasteiger partial charge is 0.225 e. The van der Waals surface area contributed by atoms with Gasteiger partial charge in [-0.15, -0.1) is 0 Å². The van der Waals surface area contributed by atoms with Gasteiger partial charge in [-0.2, -0.15) is 0 Å². The number of hydrogen-bond donors (Lipinski definition) is 1. The molecule has 1 aromatic carbocycles. The van der Waals surface area contributed by atoms with Crippen molar-refractivity contribution >= 4 is 21.7 Å². The predicted octanol–water partition coefficient (Wildman–Crippen LogP) is 0.390. The van der Waals surface area contributed by atoms with E-state index in [1.807, 2.05) is 24.3 Å². The number of ether oxygens (including phenoxy) is 1. The van der Waals surface area contributed by atoms with Crippen LogP contribution in [-0.4, -0.2) is 62.9 Å². The van der Waals surface area contributed by atoms with Crippen LogP contribution in [0.4, 0.5) is 0 Å². The van der Waals surface area contributed by atoms with Crippen molar-refractivity contribution in [2.75, 3.05) is 31.7 Å². The zero-order valence-corrected chi connectivity index (χ0v) is 15.6. The number of rotatable bonds is 6. The molecular weight excluding hydrogens is 356 g/mol. The molecule has 0 aromatic heterocycles. The van der Waals surface area contributed by atoms with Gasteiger partial charge in [-0.25, -0.2) is 8.42 Å². The van der Waals surface area contributed by atoms with Crippen LogP contribution in [0.5, 0.6) is 5.75 Å². The third kappa shape index (κ3) is 4.35. The zero-order valence-electron chi connectivity index (χ0n) is 14.8. The molecule has 7 nitrogen and oxygen atoms in total. The summed E-state index contributed by atoms with van der Waals surface area (Å²) in [5.74, 6) is 0.236. The molecule has 0 bridgehead atoms. The molecule has 1 N–H and O–H groups in total. The lowest BCUT2D eigenvalue weighted by Gasteiger charge is -2.22. The summed E-state index contributed by atoms with van der Waals surface area (Å²) >= 11 is 0. The van der Waals surface area contributed by atoms with E-state index in [4.69, 9.17) is 4.74 Å². The molecule has 2 amide bonds. The molecule has 3 rings (SSSR count). The van der Waals surface area contributed by atoms with Crippen LogP contribution in [0.25, 0.3) is 0 Å². The molecule has 2 aliphatic heterocycles. The molecule has 2 heterocycles. The van der Waals surface area contributed by atoms with E-state index in [9.17, 15) is 18.0 Å². The van der Waals surface area contributed by atoms with Gasteiger partial charge >= 0.3 is 0 Å². The van der Waals surface area contributed by atoms with E-state index in [1.165, 1.54) is 0 Å². The molecular formula is C18H24N2O5S. The van der Waals surface area contributed by atoms with Gasteiger partial charge in [-0.3, -0.25) is 9.59 Å². The fraction of sp³-hybridized carbons (Fsp3) is 0.556. The van der Waals surface area contributed by atoms with Crippen molar-refractivity contribution in [2.45, 2.75) is 25.3 Å². The minimum atomic E-state index is -3.05. The number of nitrogens with zero attached hydrogens (tertiary/aromatic N) is 1. The Bertz CT molecular complexity index is 793. The van der Waals surface area contributed by atoms with Crippen molar-refractivity contribution in [3.8, 4) is 5.75 Å². The monoisotopic (exact) mass is 380 g/mol. The molecule has 0 spiro atoms. The Morgan fingerprint density at radius 3 is 2.88 bits per heavy atom. The summed E-state index contributed by atoms with van der Waals surface area (Å²) in [5.41, 5.74) is 1.06. The number of carbonyl (C=O) groups excluding carboxylic acids is 2. The quantitative estimate of drug-likeness (QED) is 0.771. The molecule has 2 aliphatic rings. The van der Waals surface area contributed by atoms with E-state index in [-0.39, 0.29) is 35.8 Å². The maximum absolute atomic E-state index is 12.4. The first-order valence-corrected chi connectivity index (χ1v) is 10.6. The highest BCUT2D eigenvalue weighted by atomic mass is 32.2. The second kappa shape index (κ2) is 7.65. The maximum Gasteiger partial charge on any atom is 0.225 e. The van der Waals surface area contributed by atoms with Gasteiger partial charge in [-0.1, -0.05) is 12.1 Å². The van der Waals surface area contributed by atoms with Crippen LogP contribution >= 0.6 is 0 Å². The highest BCUT2D eigenvalue weighted by molar-refractivity contribution is 7.91.